The minimum Gasteiger partial charge on any atom is -0.394 e. The number of nitrogens with two attached hydrogens (primary N) is 1. The number of carbonyl (C=O) groups excluding carboxylic acids is 1. The first-order valence-corrected chi connectivity index (χ1v) is 4.63. The van der Waals surface area contributed by atoms with Crippen LogP contribution in [0.2, 0.25) is 0 Å². The van der Waals surface area contributed by atoms with Crippen molar-refractivity contribution in [3.63, 3.8) is 0 Å². The minimum absolute atomic E-state index is 0.0254. The molecule has 0 rings (SSSR count). The van der Waals surface area contributed by atoms with Crippen molar-refractivity contribution in [3.05, 3.63) is 0 Å². The van der Waals surface area contributed by atoms with E-state index in [-0.39, 0.29) is 30.5 Å². The Bertz CT molecular complexity index is 158. The number of rotatable bonds is 5. The minimum atomic E-state index is -0.161. The maximum atomic E-state index is 11.2. The Labute approximate surface area is 79.5 Å². The van der Waals surface area contributed by atoms with Crippen LogP contribution in [0.3, 0.4) is 0 Å². The molecule has 0 saturated carbocycles. The highest BCUT2D eigenvalue weighted by Crippen LogP contribution is 2.00. The largest absolute Gasteiger partial charge is 0.394 e. The summed E-state index contributed by atoms with van der Waals surface area (Å²) in [5.74, 6) is 0.143. The number of hydrogen-bond donors (Lipinski definition) is 3. The lowest BCUT2D eigenvalue weighted by Gasteiger charge is -2.20. The lowest BCUT2D eigenvalue weighted by atomic mass is 10.1. The second kappa shape index (κ2) is 5.94. The predicted molar refractivity (Wildman–Crippen MR) is 52.1 cm³/mol. The monoisotopic (exact) mass is 188 g/mol. The van der Waals surface area contributed by atoms with Crippen LogP contribution >= 0.6 is 0 Å². The van der Waals surface area contributed by atoms with Crippen molar-refractivity contribution < 1.29 is 9.90 Å². The highest BCUT2D eigenvalue weighted by molar-refractivity contribution is 5.76. The summed E-state index contributed by atoms with van der Waals surface area (Å²) < 4.78 is 0. The van der Waals surface area contributed by atoms with Crippen molar-refractivity contribution in [2.45, 2.75) is 39.3 Å². The van der Waals surface area contributed by atoms with Crippen LogP contribution in [-0.4, -0.2) is 29.7 Å². The topological polar surface area (TPSA) is 75.4 Å². The average molecular weight is 188 g/mol. The Kier molecular flexibility index (Phi) is 5.66. The molecule has 0 aliphatic heterocycles. The Balaban J connectivity index is 3.87. The second-order valence-corrected chi connectivity index (χ2v) is 3.78. The molecule has 0 aliphatic carbocycles. The van der Waals surface area contributed by atoms with Gasteiger partial charge in [0.25, 0.3) is 0 Å². The van der Waals surface area contributed by atoms with Crippen LogP contribution in [0.5, 0.6) is 0 Å². The first-order valence-electron chi connectivity index (χ1n) is 4.63. The number of aliphatic hydroxyl groups excluding tert-OH is 1. The molecule has 4 N–H and O–H groups in total. The van der Waals surface area contributed by atoms with Crippen LogP contribution in [0.25, 0.3) is 0 Å². The maximum absolute atomic E-state index is 11.2. The van der Waals surface area contributed by atoms with Crippen molar-refractivity contribution in [1.29, 1.82) is 0 Å². The smallest absolute Gasteiger partial charge is 0.221 e. The van der Waals surface area contributed by atoms with Gasteiger partial charge >= 0.3 is 0 Å². The zero-order valence-electron chi connectivity index (χ0n) is 8.58. The lowest BCUT2D eigenvalue weighted by Crippen LogP contribution is -2.42. The number of amides is 1. The molecule has 13 heavy (non-hydrogen) atoms. The number of hydrogen-bond acceptors (Lipinski definition) is 3. The molecule has 0 aromatic heterocycles. The normalized spacial score (nSPS) is 15.5. The van der Waals surface area contributed by atoms with E-state index in [1.54, 1.807) is 6.92 Å². The molecule has 0 fully saturated rings. The molecule has 0 aliphatic rings. The standard InChI is InChI=1S/C9H20N2O2/c1-6(2)8(5-12)11-9(13)4-7(3)10/h6-8,12H,4-5,10H2,1-3H3,(H,11,13)/t7?,8-/m1/s1. The van der Waals surface area contributed by atoms with Crippen molar-refractivity contribution >= 4 is 5.91 Å². The molecule has 0 aromatic rings. The molecule has 4 nitrogen and oxygen atoms in total. The molecule has 0 radical (unpaired) electrons. The van der Waals surface area contributed by atoms with E-state index in [1.165, 1.54) is 0 Å². The van der Waals surface area contributed by atoms with Gasteiger partial charge in [0.05, 0.1) is 12.6 Å². The summed E-state index contributed by atoms with van der Waals surface area (Å²) in [6, 6.07) is -0.294. The van der Waals surface area contributed by atoms with Gasteiger partial charge in [0.2, 0.25) is 5.91 Å². The van der Waals surface area contributed by atoms with E-state index in [1.807, 2.05) is 13.8 Å². The summed E-state index contributed by atoms with van der Waals surface area (Å²) in [7, 11) is 0. The van der Waals surface area contributed by atoms with Crippen molar-refractivity contribution in [2.24, 2.45) is 11.7 Å². The fraction of sp³-hybridized carbons (Fsp3) is 0.889. The average Bonchev–Trinajstić information content (AvgIpc) is 1.98. The molecule has 2 atom stereocenters. The van der Waals surface area contributed by atoms with E-state index in [0.717, 1.165) is 0 Å². The highest BCUT2D eigenvalue weighted by atomic mass is 16.3. The van der Waals surface area contributed by atoms with E-state index < -0.39 is 0 Å². The van der Waals surface area contributed by atoms with Gasteiger partial charge in [0.1, 0.15) is 0 Å². The fourth-order valence-corrected chi connectivity index (χ4v) is 0.981. The van der Waals surface area contributed by atoms with Gasteiger partial charge in [0.15, 0.2) is 0 Å². The lowest BCUT2D eigenvalue weighted by molar-refractivity contribution is -0.122. The van der Waals surface area contributed by atoms with Gasteiger partial charge in [-0.1, -0.05) is 13.8 Å². The Morgan fingerprint density at radius 3 is 2.31 bits per heavy atom. The number of carbonyl (C=O) groups is 1. The zero-order chi connectivity index (χ0) is 10.4. The fourth-order valence-electron chi connectivity index (χ4n) is 0.981. The number of nitrogens with one attached hydrogen (secondary N) is 1. The van der Waals surface area contributed by atoms with Gasteiger partial charge < -0.3 is 16.2 Å². The van der Waals surface area contributed by atoms with Crippen LogP contribution in [0, 0.1) is 5.92 Å². The third-order valence-electron chi connectivity index (χ3n) is 1.86. The SMILES string of the molecule is CC(N)CC(=O)N[C@H](CO)C(C)C. The molecule has 0 spiro atoms. The summed E-state index contributed by atoms with van der Waals surface area (Å²) in [5, 5.41) is 11.7. The van der Waals surface area contributed by atoms with E-state index in [0.29, 0.717) is 6.42 Å². The third-order valence-corrected chi connectivity index (χ3v) is 1.86. The van der Waals surface area contributed by atoms with E-state index >= 15 is 0 Å². The summed E-state index contributed by atoms with van der Waals surface area (Å²) >= 11 is 0. The molecule has 78 valence electrons. The molecule has 0 aromatic carbocycles. The Hall–Kier alpha value is -0.610. The third kappa shape index (κ3) is 5.60. The van der Waals surface area contributed by atoms with Crippen LogP contribution in [-0.2, 0) is 4.79 Å². The van der Waals surface area contributed by atoms with Crippen LogP contribution in [0.4, 0.5) is 0 Å². The summed E-state index contributed by atoms with van der Waals surface area (Å²) in [6.07, 6.45) is 0.309. The van der Waals surface area contributed by atoms with Gasteiger partial charge in [-0.25, -0.2) is 0 Å². The van der Waals surface area contributed by atoms with Crippen LogP contribution < -0.4 is 11.1 Å². The molecule has 4 heteroatoms. The van der Waals surface area contributed by atoms with Crippen molar-refractivity contribution in [3.8, 4) is 0 Å². The summed E-state index contributed by atoms with van der Waals surface area (Å²) in [6.45, 7) is 5.66. The van der Waals surface area contributed by atoms with Gasteiger partial charge in [-0.3, -0.25) is 4.79 Å². The van der Waals surface area contributed by atoms with E-state index in [4.69, 9.17) is 10.8 Å². The molecular formula is C9H20N2O2. The highest BCUT2D eigenvalue weighted by Gasteiger charge is 2.15. The Morgan fingerprint density at radius 2 is 2.00 bits per heavy atom. The molecular weight excluding hydrogens is 168 g/mol. The maximum Gasteiger partial charge on any atom is 0.221 e. The van der Waals surface area contributed by atoms with Gasteiger partial charge in [-0.2, -0.15) is 0 Å². The molecule has 0 bridgehead atoms. The molecule has 0 heterocycles. The van der Waals surface area contributed by atoms with Crippen molar-refractivity contribution in [2.75, 3.05) is 6.61 Å². The first kappa shape index (κ1) is 12.4. The number of aliphatic hydroxyl groups is 1. The van der Waals surface area contributed by atoms with Gasteiger partial charge in [-0.05, 0) is 12.8 Å². The quantitative estimate of drug-likeness (QED) is 0.562. The first-order chi connectivity index (χ1) is 5.97. The zero-order valence-corrected chi connectivity index (χ0v) is 8.58. The molecule has 0 saturated heterocycles. The van der Waals surface area contributed by atoms with Gasteiger partial charge in [-0.15, -0.1) is 0 Å². The Morgan fingerprint density at radius 1 is 1.46 bits per heavy atom. The van der Waals surface area contributed by atoms with Gasteiger partial charge in [0, 0.05) is 12.5 Å². The van der Waals surface area contributed by atoms with Crippen LogP contribution in [0.1, 0.15) is 27.2 Å². The van der Waals surface area contributed by atoms with E-state index in [2.05, 4.69) is 5.32 Å². The predicted octanol–water partition coefficient (Wildman–Crippen LogP) is -0.143. The molecule has 1 amide bonds. The van der Waals surface area contributed by atoms with Crippen LogP contribution in [0.15, 0.2) is 0 Å². The second-order valence-electron chi connectivity index (χ2n) is 3.78. The molecule has 1 unspecified atom stereocenters. The van der Waals surface area contributed by atoms with Crippen molar-refractivity contribution in [1.82, 2.24) is 5.32 Å². The summed E-state index contributed by atoms with van der Waals surface area (Å²) in [5.41, 5.74) is 5.46. The van der Waals surface area contributed by atoms with E-state index in [9.17, 15) is 4.79 Å². The summed E-state index contributed by atoms with van der Waals surface area (Å²) in [4.78, 5) is 11.2.